The van der Waals surface area contributed by atoms with Crippen LogP contribution >= 0.6 is 0 Å². The van der Waals surface area contributed by atoms with Crippen LogP contribution in [-0.2, 0) is 16.0 Å². The molecular formula is C24H32N2O4. The van der Waals surface area contributed by atoms with Crippen molar-refractivity contribution < 1.29 is 18.9 Å². The summed E-state index contributed by atoms with van der Waals surface area (Å²) in [5.74, 6) is 2.05. The van der Waals surface area contributed by atoms with Gasteiger partial charge < -0.3 is 23.8 Å². The van der Waals surface area contributed by atoms with Gasteiger partial charge >= 0.3 is 0 Å². The van der Waals surface area contributed by atoms with E-state index in [0.29, 0.717) is 19.1 Å². The zero-order valence-electron chi connectivity index (χ0n) is 18.0. The van der Waals surface area contributed by atoms with E-state index in [2.05, 4.69) is 46.2 Å². The Balaban J connectivity index is 1.46. The van der Waals surface area contributed by atoms with E-state index in [1.807, 2.05) is 6.07 Å². The van der Waals surface area contributed by atoms with Crippen molar-refractivity contribution in [1.29, 1.82) is 0 Å². The Labute approximate surface area is 179 Å². The minimum Gasteiger partial charge on any atom is -0.493 e. The van der Waals surface area contributed by atoms with Gasteiger partial charge in [-0.1, -0.05) is 24.3 Å². The van der Waals surface area contributed by atoms with Crippen LogP contribution in [0.3, 0.4) is 0 Å². The number of nitrogens with zero attached hydrogens (tertiary/aromatic N) is 2. The fourth-order valence-corrected chi connectivity index (χ4v) is 4.37. The Bertz CT molecular complexity index is 823. The summed E-state index contributed by atoms with van der Waals surface area (Å²) in [4.78, 5) is 5.02. The average Bonchev–Trinajstić information content (AvgIpc) is 3.12. The molecule has 1 fully saturated rings. The van der Waals surface area contributed by atoms with E-state index in [1.165, 1.54) is 16.8 Å². The maximum Gasteiger partial charge on any atom is 0.161 e. The van der Waals surface area contributed by atoms with Gasteiger partial charge in [0.05, 0.1) is 26.9 Å². The van der Waals surface area contributed by atoms with Crippen molar-refractivity contribution >= 4 is 5.69 Å². The maximum atomic E-state index is 5.77. The molecule has 6 nitrogen and oxygen atoms in total. The third kappa shape index (κ3) is 4.89. The molecule has 4 rings (SSSR count). The number of ether oxygens (including phenoxy) is 4. The lowest BCUT2D eigenvalue weighted by molar-refractivity contribution is 0.0356. The quantitative estimate of drug-likeness (QED) is 0.590. The molecule has 2 heterocycles. The minimum absolute atomic E-state index is 0.509. The summed E-state index contributed by atoms with van der Waals surface area (Å²) < 4.78 is 21.9. The first-order valence-electron chi connectivity index (χ1n) is 10.7. The Kier molecular flexibility index (Phi) is 7.10. The van der Waals surface area contributed by atoms with Crippen LogP contribution in [0.5, 0.6) is 11.5 Å². The second-order valence-electron chi connectivity index (χ2n) is 7.88. The zero-order chi connectivity index (χ0) is 20.8. The summed E-state index contributed by atoms with van der Waals surface area (Å²) in [6.45, 7) is 7.78. The van der Waals surface area contributed by atoms with Crippen molar-refractivity contribution in [3.8, 4) is 11.5 Å². The molecule has 1 atom stereocenters. The van der Waals surface area contributed by atoms with Crippen LogP contribution in [0.4, 0.5) is 5.69 Å². The molecule has 30 heavy (non-hydrogen) atoms. The zero-order valence-corrected chi connectivity index (χ0v) is 18.0. The molecule has 0 aromatic heterocycles. The number of hydrogen-bond donors (Lipinski definition) is 0. The van der Waals surface area contributed by atoms with E-state index in [4.69, 9.17) is 18.9 Å². The largest absolute Gasteiger partial charge is 0.493 e. The summed E-state index contributed by atoms with van der Waals surface area (Å²) in [5, 5.41) is 0. The van der Waals surface area contributed by atoms with E-state index in [9.17, 15) is 0 Å². The predicted octanol–water partition coefficient (Wildman–Crippen LogP) is 3.16. The number of rotatable bonds is 9. The number of fused-ring (bicyclic) bond motifs is 1. The highest BCUT2D eigenvalue weighted by Gasteiger charge is 2.30. The van der Waals surface area contributed by atoms with Crippen molar-refractivity contribution in [2.75, 3.05) is 71.7 Å². The molecular weight excluding hydrogens is 380 g/mol. The summed E-state index contributed by atoms with van der Waals surface area (Å²) in [6, 6.07) is 15.0. The standard InChI is InChI=1S/C24H32N2O4/c1-27-13-14-30-23-8-7-19(15-24(23)28-2)16-26-18-20(17-25-9-11-29-12-10-25)21-5-3-4-6-22(21)26/h3-8,15,20H,9-14,16-18H2,1-2H3/t20-/m1/s1. The van der Waals surface area contributed by atoms with Crippen LogP contribution in [0.2, 0.25) is 0 Å². The molecule has 2 aromatic carbocycles. The summed E-state index contributed by atoms with van der Waals surface area (Å²) in [7, 11) is 3.36. The van der Waals surface area contributed by atoms with Crippen molar-refractivity contribution in [1.82, 2.24) is 4.90 Å². The van der Waals surface area contributed by atoms with E-state index in [0.717, 1.165) is 57.4 Å². The Morgan fingerprint density at radius 1 is 1.00 bits per heavy atom. The molecule has 1 saturated heterocycles. The Hall–Kier alpha value is -2.28. The van der Waals surface area contributed by atoms with Gasteiger partial charge in [0.15, 0.2) is 11.5 Å². The van der Waals surface area contributed by atoms with Gasteiger partial charge in [-0.15, -0.1) is 0 Å². The predicted molar refractivity (Wildman–Crippen MR) is 118 cm³/mol. The summed E-state index contributed by atoms with van der Waals surface area (Å²) in [5.41, 5.74) is 4.01. The molecule has 6 heteroatoms. The SMILES string of the molecule is COCCOc1ccc(CN2C[C@@H](CN3CCOCC3)c3ccccc32)cc1OC. The van der Waals surface area contributed by atoms with Gasteiger partial charge in [-0.05, 0) is 29.3 Å². The van der Waals surface area contributed by atoms with Gasteiger partial charge in [0.2, 0.25) is 0 Å². The first-order valence-corrected chi connectivity index (χ1v) is 10.7. The molecule has 0 unspecified atom stereocenters. The molecule has 2 aliphatic heterocycles. The average molecular weight is 413 g/mol. The van der Waals surface area contributed by atoms with Crippen molar-refractivity contribution in [3.63, 3.8) is 0 Å². The highest BCUT2D eigenvalue weighted by atomic mass is 16.5. The highest BCUT2D eigenvalue weighted by molar-refractivity contribution is 5.61. The van der Waals surface area contributed by atoms with Crippen LogP contribution < -0.4 is 14.4 Å². The second kappa shape index (κ2) is 10.2. The van der Waals surface area contributed by atoms with Crippen molar-refractivity contribution in [3.05, 3.63) is 53.6 Å². The molecule has 162 valence electrons. The van der Waals surface area contributed by atoms with Crippen LogP contribution in [0, 0.1) is 0 Å². The lowest BCUT2D eigenvalue weighted by Crippen LogP contribution is -2.39. The molecule has 0 N–H and O–H groups in total. The van der Waals surface area contributed by atoms with Gasteiger partial charge in [0.1, 0.15) is 6.61 Å². The Morgan fingerprint density at radius 3 is 2.63 bits per heavy atom. The van der Waals surface area contributed by atoms with E-state index < -0.39 is 0 Å². The Morgan fingerprint density at radius 2 is 1.83 bits per heavy atom. The first kappa shape index (κ1) is 21.0. The number of hydrogen-bond acceptors (Lipinski definition) is 6. The summed E-state index contributed by atoms with van der Waals surface area (Å²) in [6.07, 6.45) is 0. The van der Waals surface area contributed by atoms with Gasteiger partial charge in [0.25, 0.3) is 0 Å². The molecule has 0 bridgehead atoms. The van der Waals surface area contributed by atoms with Crippen LogP contribution in [0.1, 0.15) is 17.0 Å². The first-order chi connectivity index (χ1) is 14.8. The van der Waals surface area contributed by atoms with Crippen LogP contribution in [0.15, 0.2) is 42.5 Å². The normalized spacial score (nSPS) is 19.0. The van der Waals surface area contributed by atoms with Gasteiger partial charge in [0, 0.05) is 51.4 Å². The van der Waals surface area contributed by atoms with Crippen LogP contribution in [-0.4, -0.2) is 71.7 Å². The minimum atomic E-state index is 0.509. The smallest absolute Gasteiger partial charge is 0.161 e. The molecule has 0 saturated carbocycles. The van der Waals surface area contributed by atoms with Gasteiger partial charge in [-0.25, -0.2) is 0 Å². The van der Waals surface area contributed by atoms with E-state index >= 15 is 0 Å². The lowest BCUT2D eigenvalue weighted by atomic mass is 10.0. The van der Waals surface area contributed by atoms with Crippen LogP contribution in [0.25, 0.3) is 0 Å². The van der Waals surface area contributed by atoms with E-state index in [1.54, 1.807) is 14.2 Å². The molecule has 0 aliphatic carbocycles. The lowest BCUT2D eigenvalue weighted by Gasteiger charge is -2.29. The third-order valence-corrected chi connectivity index (χ3v) is 5.89. The monoisotopic (exact) mass is 412 g/mol. The highest BCUT2D eigenvalue weighted by Crippen LogP contribution is 2.38. The van der Waals surface area contributed by atoms with E-state index in [-0.39, 0.29) is 0 Å². The second-order valence-corrected chi connectivity index (χ2v) is 7.88. The summed E-state index contributed by atoms with van der Waals surface area (Å²) >= 11 is 0. The molecule has 2 aliphatic rings. The van der Waals surface area contributed by atoms with Crippen molar-refractivity contribution in [2.45, 2.75) is 12.5 Å². The van der Waals surface area contributed by atoms with Gasteiger partial charge in [-0.3, -0.25) is 4.90 Å². The number of morpholine rings is 1. The number of benzene rings is 2. The van der Waals surface area contributed by atoms with Crippen molar-refractivity contribution in [2.24, 2.45) is 0 Å². The van der Waals surface area contributed by atoms with Gasteiger partial charge in [-0.2, -0.15) is 0 Å². The topological polar surface area (TPSA) is 43.4 Å². The number of anilines is 1. The molecule has 0 spiro atoms. The number of methoxy groups -OCH3 is 2. The molecule has 2 aromatic rings. The maximum absolute atomic E-state index is 5.77. The third-order valence-electron chi connectivity index (χ3n) is 5.89. The fraction of sp³-hybridized carbons (Fsp3) is 0.500. The molecule has 0 radical (unpaired) electrons. The fourth-order valence-electron chi connectivity index (χ4n) is 4.37. The molecule has 0 amide bonds. The number of para-hydroxylation sites is 1.